The zero-order chi connectivity index (χ0) is 30.0. The molecule has 0 saturated carbocycles. The van der Waals surface area contributed by atoms with Crippen molar-refractivity contribution in [2.24, 2.45) is 5.92 Å². The molecule has 0 unspecified atom stereocenters. The van der Waals surface area contributed by atoms with E-state index in [1.165, 1.54) is 18.2 Å². The highest BCUT2D eigenvalue weighted by molar-refractivity contribution is 5.93. The first-order chi connectivity index (χ1) is 20.7. The van der Waals surface area contributed by atoms with E-state index in [0.29, 0.717) is 34.9 Å². The summed E-state index contributed by atoms with van der Waals surface area (Å²) in [7, 11) is 0. The van der Waals surface area contributed by atoms with Gasteiger partial charge in [0.05, 0.1) is 11.1 Å². The standard InChI is InChI=1S/C32H32F4N6O/c33-25-7-2-22(3-8-25)20-41-16-12-23(13-17-41)30(43)38-26-9-4-21(5-10-26)19-37-29-27-18-24(32(34,35)36)6-11-28(27)39-31(40-29)42-14-1-15-42/h2-11,18,23H,1,12-17,19-20H2,(H,38,43)(H,37,39,40). The summed E-state index contributed by atoms with van der Waals surface area (Å²) < 4.78 is 53.4. The van der Waals surface area contributed by atoms with E-state index in [4.69, 9.17) is 0 Å². The van der Waals surface area contributed by atoms with Gasteiger partial charge in [0, 0.05) is 43.2 Å². The van der Waals surface area contributed by atoms with Gasteiger partial charge in [0.15, 0.2) is 0 Å². The number of fused-ring (bicyclic) bond motifs is 1. The fourth-order valence-electron chi connectivity index (χ4n) is 5.42. The Morgan fingerprint density at radius 2 is 1.58 bits per heavy atom. The third kappa shape index (κ3) is 6.88. The molecule has 0 radical (unpaired) electrons. The number of hydrogen-bond donors (Lipinski definition) is 2. The van der Waals surface area contributed by atoms with Crippen molar-refractivity contribution < 1.29 is 22.4 Å². The Morgan fingerprint density at radius 3 is 2.23 bits per heavy atom. The van der Waals surface area contributed by atoms with Gasteiger partial charge in [0.25, 0.3) is 0 Å². The van der Waals surface area contributed by atoms with Crippen LogP contribution >= 0.6 is 0 Å². The molecule has 2 N–H and O–H groups in total. The number of nitrogens with one attached hydrogen (secondary N) is 2. The third-order valence-corrected chi connectivity index (χ3v) is 8.11. The fourth-order valence-corrected chi connectivity index (χ4v) is 5.42. The van der Waals surface area contributed by atoms with Crippen molar-refractivity contribution in [2.75, 3.05) is 41.7 Å². The van der Waals surface area contributed by atoms with Crippen molar-refractivity contribution in [1.82, 2.24) is 14.9 Å². The molecule has 2 saturated heterocycles. The van der Waals surface area contributed by atoms with Gasteiger partial charge in [-0.25, -0.2) is 9.37 Å². The topological polar surface area (TPSA) is 73.4 Å². The third-order valence-electron chi connectivity index (χ3n) is 8.11. The first kappa shape index (κ1) is 28.9. The molecule has 224 valence electrons. The van der Waals surface area contributed by atoms with Crippen LogP contribution in [0.15, 0.2) is 66.7 Å². The summed E-state index contributed by atoms with van der Waals surface area (Å²) in [5.41, 5.74) is 2.32. The first-order valence-corrected chi connectivity index (χ1v) is 14.5. The van der Waals surface area contributed by atoms with Crippen molar-refractivity contribution in [3.05, 3.63) is 89.2 Å². The Kier molecular flexibility index (Phi) is 8.16. The molecule has 3 heterocycles. The molecule has 0 bridgehead atoms. The summed E-state index contributed by atoms with van der Waals surface area (Å²) in [6.07, 6.45) is -1.95. The molecule has 2 fully saturated rings. The number of amides is 1. The lowest BCUT2D eigenvalue weighted by Gasteiger charge is -2.31. The smallest absolute Gasteiger partial charge is 0.365 e. The Morgan fingerprint density at radius 1 is 0.884 bits per heavy atom. The molecule has 2 aliphatic rings. The lowest BCUT2D eigenvalue weighted by Crippen LogP contribution is -2.38. The van der Waals surface area contributed by atoms with Crippen LogP contribution in [-0.4, -0.2) is 47.0 Å². The molecular formula is C32H32F4N6O. The van der Waals surface area contributed by atoms with Crippen molar-refractivity contribution in [1.29, 1.82) is 0 Å². The van der Waals surface area contributed by atoms with Crippen molar-refractivity contribution in [3.63, 3.8) is 0 Å². The van der Waals surface area contributed by atoms with Crippen LogP contribution in [0.25, 0.3) is 10.9 Å². The molecule has 0 spiro atoms. The van der Waals surface area contributed by atoms with E-state index in [1.807, 2.05) is 29.2 Å². The van der Waals surface area contributed by atoms with Gasteiger partial charge in [-0.15, -0.1) is 0 Å². The van der Waals surface area contributed by atoms with E-state index < -0.39 is 11.7 Å². The van der Waals surface area contributed by atoms with Gasteiger partial charge >= 0.3 is 6.18 Å². The van der Waals surface area contributed by atoms with Crippen LogP contribution in [0, 0.1) is 11.7 Å². The SMILES string of the molecule is O=C(Nc1ccc(CNc2nc(N3CCC3)nc3ccc(C(F)(F)F)cc23)cc1)C1CCN(Cc2ccc(F)cc2)CC1. The minimum absolute atomic E-state index is 0.0150. The minimum Gasteiger partial charge on any atom is -0.365 e. The van der Waals surface area contributed by atoms with Gasteiger partial charge in [0.2, 0.25) is 11.9 Å². The lowest BCUT2D eigenvalue weighted by molar-refractivity contribution is -0.137. The Labute approximate surface area is 246 Å². The summed E-state index contributed by atoms with van der Waals surface area (Å²) >= 11 is 0. The molecule has 1 amide bonds. The summed E-state index contributed by atoms with van der Waals surface area (Å²) in [5, 5.41) is 6.53. The highest BCUT2D eigenvalue weighted by Gasteiger charge is 2.31. The van der Waals surface area contributed by atoms with E-state index in [2.05, 4.69) is 25.5 Å². The van der Waals surface area contributed by atoms with E-state index in [9.17, 15) is 22.4 Å². The van der Waals surface area contributed by atoms with Crippen LogP contribution in [0.5, 0.6) is 0 Å². The maximum Gasteiger partial charge on any atom is 0.416 e. The molecule has 4 aromatic rings. The number of likely N-dealkylation sites (tertiary alicyclic amines) is 1. The summed E-state index contributed by atoms with van der Waals surface area (Å²) in [6.45, 7) is 4.28. The molecule has 11 heteroatoms. The van der Waals surface area contributed by atoms with Crippen LogP contribution < -0.4 is 15.5 Å². The second-order valence-corrected chi connectivity index (χ2v) is 11.2. The number of carbonyl (C=O) groups excluding carboxylic acids is 1. The molecule has 1 aromatic heterocycles. The highest BCUT2D eigenvalue weighted by Crippen LogP contribution is 2.34. The number of nitrogens with zero attached hydrogens (tertiary/aromatic N) is 4. The van der Waals surface area contributed by atoms with Gasteiger partial charge < -0.3 is 15.5 Å². The molecule has 43 heavy (non-hydrogen) atoms. The quantitative estimate of drug-likeness (QED) is 0.229. The van der Waals surface area contributed by atoms with Gasteiger partial charge in [-0.3, -0.25) is 9.69 Å². The van der Waals surface area contributed by atoms with Gasteiger partial charge in [0.1, 0.15) is 11.6 Å². The largest absolute Gasteiger partial charge is 0.416 e. The summed E-state index contributed by atoms with van der Waals surface area (Å²) in [6, 6.07) is 17.4. The average molecular weight is 593 g/mol. The zero-order valence-corrected chi connectivity index (χ0v) is 23.5. The lowest BCUT2D eigenvalue weighted by atomic mass is 9.95. The van der Waals surface area contributed by atoms with Crippen molar-refractivity contribution >= 4 is 34.3 Å². The van der Waals surface area contributed by atoms with Gasteiger partial charge in [-0.2, -0.15) is 18.2 Å². The molecular weight excluding hydrogens is 560 g/mol. The normalized spacial score (nSPS) is 16.2. The van der Waals surface area contributed by atoms with Crippen LogP contribution in [-0.2, 0) is 24.1 Å². The van der Waals surface area contributed by atoms with Crippen LogP contribution in [0.3, 0.4) is 0 Å². The summed E-state index contributed by atoms with van der Waals surface area (Å²) in [4.78, 5) is 26.2. The number of aromatic nitrogens is 2. The first-order valence-electron chi connectivity index (χ1n) is 14.5. The number of piperidine rings is 1. The highest BCUT2D eigenvalue weighted by atomic mass is 19.4. The molecule has 0 atom stereocenters. The zero-order valence-electron chi connectivity index (χ0n) is 23.5. The van der Waals surface area contributed by atoms with Crippen molar-refractivity contribution in [2.45, 2.75) is 38.5 Å². The van der Waals surface area contributed by atoms with E-state index >= 15 is 0 Å². The maximum absolute atomic E-state index is 13.4. The molecule has 7 nitrogen and oxygen atoms in total. The fraction of sp³-hybridized carbons (Fsp3) is 0.344. The minimum atomic E-state index is -4.47. The number of alkyl halides is 3. The van der Waals surface area contributed by atoms with E-state index in [-0.39, 0.29) is 17.6 Å². The predicted octanol–water partition coefficient (Wildman–Crippen LogP) is 6.46. The van der Waals surface area contributed by atoms with E-state index in [1.54, 1.807) is 12.1 Å². The van der Waals surface area contributed by atoms with Crippen LogP contribution in [0.2, 0.25) is 0 Å². The molecule has 3 aromatic carbocycles. The number of rotatable bonds is 8. The maximum atomic E-state index is 13.4. The molecule has 0 aliphatic carbocycles. The number of hydrogen-bond acceptors (Lipinski definition) is 6. The summed E-state index contributed by atoms with van der Waals surface area (Å²) in [5.74, 6) is 0.501. The second kappa shape index (κ2) is 12.2. The van der Waals surface area contributed by atoms with Gasteiger partial charge in [-0.05, 0) is 85.9 Å². The van der Waals surface area contributed by atoms with Crippen LogP contribution in [0.1, 0.15) is 36.0 Å². The molecule has 2 aliphatic heterocycles. The Balaban J connectivity index is 1.06. The Bertz CT molecular complexity index is 1580. The van der Waals surface area contributed by atoms with Gasteiger partial charge in [-0.1, -0.05) is 24.3 Å². The predicted molar refractivity (Wildman–Crippen MR) is 158 cm³/mol. The molecule has 6 rings (SSSR count). The second-order valence-electron chi connectivity index (χ2n) is 11.2. The number of benzene rings is 3. The van der Waals surface area contributed by atoms with E-state index in [0.717, 1.165) is 75.2 Å². The monoisotopic (exact) mass is 592 g/mol. The average Bonchev–Trinajstić information content (AvgIpc) is 2.96. The van der Waals surface area contributed by atoms with Crippen LogP contribution in [0.4, 0.5) is 35.0 Å². The number of carbonyl (C=O) groups is 1. The Hall–Kier alpha value is -4.25. The van der Waals surface area contributed by atoms with Crippen molar-refractivity contribution in [3.8, 4) is 0 Å². The number of anilines is 3. The number of halogens is 4.